The fourth-order valence-corrected chi connectivity index (χ4v) is 1.53. The van der Waals surface area contributed by atoms with Gasteiger partial charge in [0.15, 0.2) is 0 Å². The molecule has 0 amide bonds. The SMILES string of the molecule is CC1(O)CC(N)C(O)C(O)C1O. The molecule has 5 nitrogen and oxygen atoms in total. The van der Waals surface area contributed by atoms with E-state index in [2.05, 4.69) is 0 Å². The zero-order chi connectivity index (χ0) is 9.52. The van der Waals surface area contributed by atoms with Gasteiger partial charge in [-0.05, 0) is 13.3 Å². The maximum absolute atomic E-state index is 9.50. The minimum atomic E-state index is -1.42. The Balaban J connectivity index is 2.78. The summed E-state index contributed by atoms with van der Waals surface area (Å²) < 4.78 is 0. The van der Waals surface area contributed by atoms with E-state index in [1.54, 1.807) is 0 Å². The Morgan fingerprint density at radius 1 is 1.25 bits per heavy atom. The molecule has 1 rings (SSSR count). The van der Waals surface area contributed by atoms with E-state index in [4.69, 9.17) is 5.73 Å². The summed E-state index contributed by atoms with van der Waals surface area (Å²) in [5.74, 6) is 0. The van der Waals surface area contributed by atoms with Crippen molar-refractivity contribution in [3.05, 3.63) is 0 Å². The van der Waals surface area contributed by atoms with E-state index in [1.165, 1.54) is 6.92 Å². The van der Waals surface area contributed by atoms with Gasteiger partial charge in [0.1, 0.15) is 12.2 Å². The second-order valence-corrected chi connectivity index (χ2v) is 3.65. The van der Waals surface area contributed by atoms with Crippen molar-refractivity contribution in [3.8, 4) is 0 Å². The second-order valence-electron chi connectivity index (χ2n) is 3.65. The molecule has 5 heteroatoms. The Hall–Kier alpha value is -0.200. The van der Waals surface area contributed by atoms with E-state index in [0.717, 1.165) is 0 Å². The van der Waals surface area contributed by atoms with Crippen LogP contribution < -0.4 is 5.73 Å². The van der Waals surface area contributed by atoms with Crippen molar-refractivity contribution in [2.45, 2.75) is 43.3 Å². The van der Waals surface area contributed by atoms with Crippen molar-refractivity contribution < 1.29 is 20.4 Å². The van der Waals surface area contributed by atoms with E-state index in [9.17, 15) is 20.4 Å². The largest absolute Gasteiger partial charge is 0.389 e. The van der Waals surface area contributed by atoms with Crippen molar-refractivity contribution in [1.29, 1.82) is 0 Å². The molecular formula is C7H15NO4. The van der Waals surface area contributed by atoms with Gasteiger partial charge in [-0.3, -0.25) is 0 Å². The smallest absolute Gasteiger partial charge is 0.111 e. The number of aliphatic hydroxyl groups is 4. The van der Waals surface area contributed by atoms with Crippen molar-refractivity contribution in [3.63, 3.8) is 0 Å². The third-order valence-corrected chi connectivity index (χ3v) is 2.40. The zero-order valence-electron chi connectivity index (χ0n) is 6.88. The van der Waals surface area contributed by atoms with E-state index >= 15 is 0 Å². The third-order valence-electron chi connectivity index (χ3n) is 2.40. The molecule has 1 aliphatic rings. The Morgan fingerprint density at radius 3 is 2.25 bits per heavy atom. The van der Waals surface area contributed by atoms with E-state index < -0.39 is 30.0 Å². The van der Waals surface area contributed by atoms with Crippen LogP contribution in [-0.2, 0) is 0 Å². The molecule has 72 valence electrons. The molecule has 0 saturated heterocycles. The quantitative estimate of drug-likeness (QED) is 0.282. The lowest BCUT2D eigenvalue weighted by Gasteiger charge is -2.42. The van der Waals surface area contributed by atoms with Gasteiger partial charge in [-0.15, -0.1) is 0 Å². The van der Waals surface area contributed by atoms with E-state index in [-0.39, 0.29) is 6.42 Å². The van der Waals surface area contributed by atoms with Gasteiger partial charge in [-0.1, -0.05) is 0 Å². The first-order valence-electron chi connectivity index (χ1n) is 3.88. The summed E-state index contributed by atoms with van der Waals surface area (Å²) in [5, 5.41) is 37.2. The highest BCUT2D eigenvalue weighted by molar-refractivity contribution is 5.01. The van der Waals surface area contributed by atoms with Crippen LogP contribution in [0.1, 0.15) is 13.3 Å². The van der Waals surface area contributed by atoms with Gasteiger partial charge >= 0.3 is 0 Å². The van der Waals surface area contributed by atoms with Gasteiger partial charge in [0.05, 0.1) is 11.7 Å². The number of nitrogens with two attached hydrogens (primary N) is 1. The van der Waals surface area contributed by atoms with Crippen LogP contribution in [0.3, 0.4) is 0 Å². The van der Waals surface area contributed by atoms with Crippen LogP contribution in [0.4, 0.5) is 0 Å². The van der Waals surface area contributed by atoms with Crippen LogP contribution in [0.25, 0.3) is 0 Å². The lowest BCUT2D eigenvalue weighted by atomic mass is 9.77. The molecule has 0 aromatic heterocycles. The van der Waals surface area contributed by atoms with Crippen LogP contribution in [0.5, 0.6) is 0 Å². The highest BCUT2D eigenvalue weighted by Gasteiger charge is 2.47. The standard InChI is InChI=1S/C7H15NO4/c1-7(12)2-3(8)4(9)5(10)6(7)11/h3-6,9-12H,2,8H2,1H3. The lowest BCUT2D eigenvalue weighted by molar-refractivity contribution is -0.183. The number of aliphatic hydroxyl groups excluding tert-OH is 3. The first kappa shape index (κ1) is 9.88. The molecule has 5 unspecified atom stereocenters. The number of hydrogen-bond acceptors (Lipinski definition) is 5. The molecule has 0 bridgehead atoms. The summed E-state index contributed by atoms with van der Waals surface area (Å²) in [6.07, 6.45) is -3.80. The molecule has 0 spiro atoms. The lowest BCUT2D eigenvalue weighted by Crippen LogP contribution is -2.63. The van der Waals surface area contributed by atoms with Gasteiger partial charge < -0.3 is 26.2 Å². The summed E-state index contributed by atoms with van der Waals surface area (Å²) in [6, 6.07) is -0.696. The Kier molecular flexibility index (Phi) is 2.42. The first-order valence-corrected chi connectivity index (χ1v) is 3.88. The van der Waals surface area contributed by atoms with Gasteiger partial charge in [0.25, 0.3) is 0 Å². The zero-order valence-corrected chi connectivity index (χ0v) is 6.88. The van der Waals surface area contributed by atoms with Crippen LogP contribution in [0.15, 0.2) is 0 Å². The predicted molar refractivity (Wildman–Crippen MR) is 41.2 cm³/mol. The average Bonchev–Trinajstić information content (AvgIpc) is 1.97. The number of rotatable bonds is 0. The molecule has 0 heterocycles. The average molecular weight is 177 g/mol. The van der Waals surface area contributed by atoms with Crippen molar-refractivity contribution in [1.82, 2.24) is 0 Å². The topological polar surface area (TPSA) is 107 Å². The molecule has 0 aliphatic heterocycles. The normalized spacial score (nSPS) is 55.5. The van der Waals surface area contributed by atoms with Gasteiger partial charge in [0, 0.05) is 6.04 Å². The summed E-state index contributed by atoms with van der Waals surface area (Å²) in [5.41, 5.74) is 4.01. The molecular weight excluding hydrogens is 162 g/mol. The molecule has 1 aliphatic carbocycles. The maximum atomic E-state index is 9.50. The fraction of sp³-hybridized carbons (Fsp3) is 1.00. The maximum Gasteiger partial charge on any atom is 0.111 e. The van der Waals surface area contributed by atoms with Crippen molar-refractivity contribution in [2.24, 2.45) is 5.73 Å². The van der Waals surface area contributed by atoms with Crippen molar-refractivity contribution in [2.75, 3.05) is 0 Å². The van der Waals surface area contributed by atoms with Crippen LogP contribution in [0.2, 0.25) is 0 Å². The Morgan fingerprint density at radius 2 is 1.75 bits per heavy atom. The molecule has 5 atom stereocenters. The minimum absolute atomic E-state index is 0.0758. The van der Waals surface area contributed by atoms with Crippen molar-refractivity contribution >= 4 is 0 Å². The minimum Gasteiger partial charge on any atom is -0.389 e. The Labute approximate surface area is 70.4 Å². The molecule has 1 saturated carbocycles. The molecule has 0 aromatic rings. The van der Waals surface area contributed by atoms with Crippen LogP contribution >= 0.6 is 0 Å². The predicted octanol–water partition coefficient (Wildman–Crippen LogP) is -2.45. The van der Waals surface area contributed by atoms with Gasteiger partial charge in [-0.2, -0.15) is 0 Å². The van der Waals surface area contributed by atoms with Gasteiger partial charge in [-0.25, -0.2) is 0 Å². The van der Waals surface area contributed by atoms with Crippen LogP contribution in [-0.4, -0.2) is 50.4 Å². The highest BCUT2D eigenvalue weighted by atomic mass is 16.4. The van der Waals surface area contributed by atoms with Crippen LogP contribution in [0, 0.1) is 0 Å². The monoisotopic (exact) mass is 177 g/mol. The number of hydrogen-bond donors (Lipinski definition) is 5. The molecule has 1 fully saturated rings. The molecule has 12 heavy (non-hydrogen) atoms. The fourth-order valence-electron chi connectivity index (χ4n) is 1.53. The summed E-state index contributed by atoms with van der Waals surface area (Å²) in [7, 11) is 0. The molecule has 0 radical (unpaired) electrons. The second kappa shape index (κ2) is 2.93. The summed E-state index contributed by atoms with van der Waals surface area (Å²) >= 11 is 0. The molecule has 6 N–H and O–H groups in total. The first-order chi connectivity index (χ1) is 5.36. The highest BCUT2D eigenvalue weighted by Crippen LogP contribution is 2.27. The third kappa shape index (κ3) is 1.46. The summed E-state index contributed by atoms with van der Waals surface area (Å²) in [6.45, 7) is 1.38. The summed E-state index contributed by atoms with van der Waals surface area (Å²) in [4.78, 5) is 0. The molecule has 0 aromatic carbocycles. The Bertz CT molecular complexity index is 173. The van der Waals surface area contributed by atoms with E-state index in [0.29, 0.717) is 0 Å². The van der Waals surface area contributed by atoms with Gasteiger partial charge in [0.2, 0.25) is 0 Å². The van der Waals surface area contributed by atoms with E-state index in [1.807, 2.05) is 0 Å².